The first kappa shape index (κ1) is 22.2. The Balaban J connectivity index is 2.14. The molecule has 1 saturated heterocycles. The molecular weight excluding hydrogens is 404 g/mol. The third-order valence-corrected chi connectivity index (χ3v) is 5.61. The number of thioether (sulfide) groups is 1. The van der Waals surface area contributed by atoms with Gasteiger partial charge in [-0.3, -0.25) is 9.69 Å². The molecule has 0 spiro atoms. The molecule has 1 amide bonds. The Morgan fingerprint density at radius 2 is 1.93 bits per heavy atom. The molecule has 0 N–H and O–H groups in total. The smallest absolute Gasteiger partial charge is 0.338 e. The SMILES string of the molecule is CCOc1ccc([C@H]2C(C(=O)OC(C)C)=C(C)N=C3SCCC(=O)N32)cc1OCC. The number of fused-ring (bicyclic) bond motifs is 1. The second kappa shape index (κ2) is 9.55. The molecule has 1 fully saturated rings. The maximum atomic E-state index is 13.0. The second-order valence-corrected chi connectivity index (χ2v) is 8.25. The third-order valence-electron chi connectivity index (χ3n) is 4.65. The Kier molecular flexibility index (Phi) is 7.07. The van der Waals surface area contributed by atoms with Gasteiger partial charge in [-0.25, -0.2) is 9.79 Å². The summed E-state index contributed by atoms with van der Waals surface area (Å²) in [6.45, 7) is 10.2. The lowest BCUT2D eigenvalue weighted by Gasteiger charge is -2.39. The van der Waals surface area contributed by atoms with Crippen molar-refractivity contribution >= 4 is 28.8 Å². The lowest BCUT2D eigenvalue weighted by molar-refractivity contribution is -0.143. The Hall–Kier alpha value is -2.48. The fourth-order valence-corrected chi connectivity index (χ4v) is 4.49. The molecule has 0 bridgehead atoms. The number of aliphatic imine (C=N–C) groups is 1. The van der Waals surface area contributed by atoms with Gasteiger partial charge in [0.2, 0.25) is 5.91 Å². The lowest BCUT2D eigenvalue weighted by atomic mass is 9.93. The molecule has 2 aliphatic rings. The van der Waals surface area contributed by atoms with Crippen molar-refractivity contribution in [1.29, 1.82) is 0 Å². The Labute approximate surface area is 181 Å². The van der Waals surface area contributed by atoms with Crippen molar-refractivity contribution < 1.29 is 23.8 Å². The number of rotatable bonds is 7. The normalized spacial score (nSPS) is 18.9. The first-order valence-corrected chi connectivity index (χ1v) is 11.2. The Bertz CT molecular complexity index is 894. The summed E-state index contributed by atoms with van der Waals surface area (Å²) in [5, 5.41) is 0.613. The average Bonchev–Trinajstić information content (AvgIpc) is 2.68. The predicted octanol–water partition coefficient (Wildman–Crippen LogP) is 4.09. The molecule has 2 heterocycles. The highest BCUT2D eigenvalue weighted by atomic mass is 32.2. The topological polar surface area (TPSA) is 77.4 Å². The number of carbonyl (C=O) groups excluding carboxylic acids is 2. The highest BCUT2D eigenvalue weighted by Crippen LogP contribution is 2.42. The number of amides is 1. The zero-order valence-corrected chi connectivity index (χ0v) is 18.9. The van der Waals surface area contributed by atoms with Crippen LogP contribution in [0.1, 0.15) is 52.6 Å². The van der Waals surface area contributed by atoms with Gasteiger partial charge in [0.25, 0.3) is 0 Å². The lowest BCUT2D eigenvalue weighted by Crippen LogP contribution is -2.46. The van der Waals surface area contributed by atoms with Gasteiger partial charge in [-0.2, -0.15) is 0 Å². The van der Waals surface area contributed by atoms with Crippen LogP contribution in [0.4, 0.5) is 0 Å². The molecule has 0 aliphatic carbocycles. The number of hydrogen-bond acceptors (Lipinski definition) is 7. The van der Waals surface area contributed by atoms with E-state index in [1.54, 1.807) is 25.7 Å². The van der Waals surface area contributed by atoms with E-state index in [4.69, 9.17) is 14.2 Å². The van der Waals surface area contributed by atoms with E-state index in [0.29, 0.717) is 53.3 Å². The summed E-state index contributed by atoms with van der Waals surface area (Å²) in [6, 6.07) is 4.89. The van der Waals surface area contributed by atoms with Crippen LogP contribution < -0.4 is 9.47 Å². The van der Waals surface area contributed by atoms with Crippen LogP contribution in [-0.2, 0) is 14.3 Å². The quantitative estimate of drug-likeness (QED) is 0.604. The van der Waals surface area contributed by atoms with E-state index in [1.165, 1.54) is 11.8 Å². The molecule has 0 unspecified atom stereocenters. The van der Waals surface area contributed by atoms with Gasteiger partial charge in [0.1, 0.15) is 0 Å². The fourth-order valence-electron chi connectivity index (χ4n) is 3.49. The summed E-state index contributed by atoms with van der Waals surface area (Å²) in [6.07, 6.45) is 0.107. The number of allylic oxidation sites excluding steroid dienone is 1. The molecule has 2 aliphatic heterocycles. The summed E-state index contributed by atoms with van der Waals surface area (Å²) in [4.78, 5) is 32.1. The molecule has 162 valence electrons. The van der Waals surface area contributed by atoms with Crippen LogP contribution in [0.3, 0.4) is 0 Å². The molecule has 7 nitrogen and oxygen atoms in total. The minimum atomic E-state index is -0.626. The van der Waals surface area contributed by atoms with Crippen molar-refractivity contribution in [2.75, 3.05) is 19.0 Å². The summed E-state index contributed by atoms with van der Waals surface area (Å²) in [5.41, 5.74) is 1.68. The molecule has 1 atom stereocenters. The van der Waals surface area contributed by atoms with Gasteiger partial charge in [0, 0.05) is 12.2 Å². The minimum absolute atomic E-state index is 0.0632. The van der Waals surface area contributed by atoms with Crippen molar-refractivity contribution in [3.63, 3.8) is 0 Å². The number of benzene rings is 1. The first-order chi connectivity index (χ1) is 14.4. The van der Waals surface area contributed by atoms with Crippen molar-refractivity contribution in [3.8, 4) is 11.5 Å². The number of carbonyl (C=O) groups is 2. The number of amidine groups is 1. The van der Waals surface area contributed by atoms with Crippen LogP contribution in [0.2, 0.25) is 0 Å². The van der Waals surface area contributed by atoms with Gasteiger partial charge < -0.3 is 14.2 Å². The summed E-state index contributed by atoms with van der Waals surface area (Å²) in [5.74, 6) is 1.34. The van der Waals surface area contributed by atoms with Gasteiger partial charge in [-0.05, 0) is 52.3 Å². The molecule has 0 saturated carbocycles. The zero-order valence-electron chi connectivity index (χ0n) is 18.1. The van der Waals surface area contributed by atoms with Crippen LogP contribution in [0.15, 0.2) is 34.5 Å². The Morgan fingerprint density at radius 1 is 1.23 bits per heavy atom. The van der Waals surface area contributed by atoms with E-state index in [0.717, 1.165) is 5.56 Å². The van der Waals surface area contributed by atoms with Crippen molar-refractivity contribution in [2.45, 2.75) is 53.2 Å². The highest BCUT2D eigenvalue weighted by molar-refractivity contribution is 8.14. The molecule has 30 heavy (non-hydrogen) atoms. The van der Waals surface area contributed by atoms with E-state index in [9.17, 15) is 9.59 Å². The van der Waals surface area contributed by atoms with E-state index in [-0.39, 0.29) is 12.0 Å². The maximum absolute atomic E-state index is 13.0. The summed E-state index contributed by atoms with van der Waals surface area (Å²) < 4.78 is 16.9. The van der Waals surface area contributed by atoms with Crippen LogP contribution in [0, 0.1) is 0 Å². The molecule has 8 heteroatoms. The number of ether oxygens (including phenoxy) is 3. The largest absolute Gasteiger partial charge is 0.490 e. The number of nitrogens with zero attached hydrogens (tertiary/aromatic N) is 2. The third kappa shape index (κ3) is 4.48. The van der Waals surface area contributed by atoms with E-state index in [2.05, 4.69) is 4.99 Å². The van der Waals surface area contributed by atoms with Gasteiger partial charge in [0.05, 0.1) is 36.6 Å². The van der Waals surface area contributed by atoms with Crippen LogP contribution in [-0.4, -0.2) is 47.0 Å². The monoisotopic (exact) mass is 432 g/mol. The Morgan fingerprint density at radius 3 is 2.60 bits per heavy atom. The minimum Gasteiger partial charge on any atom is -0.490 e. The number of esters is 1. The predicted molar refractivity (Wildman–Crippen MR) is 117 cm³/mol. The molecule has 0 aromatic heterocycles. The van der Waals surface area contributed by atoms with Gasteiger partial charge in [-0.1, -0.05) is 17.8 Å². The molecular formula is C22H28N2O5S. The van der Waals surface area contributed by atoms with Gasteiger partial charge >= 0.3 is 5.97 Å². The molecule has 3 rings (SSSR count). The van der Waals surface area contributed by atoms with Crippen LogP contribution in [0.5, 0.6) is 11.5 Å². The van der Waals surface area contributed by atoms with Gasteiger partial charge in [0.15, 0.2) is 16.7 Å². The van der Waals surface area contributed by atoms with E-state index >= 15 is 0 Å². The zero-order chi connectivity index (χ0) is 21.8. The van der Waals surface area contributed by atoms with Crippen molar-refractivity contribution in [3.05, 3.63) is 35.0 Å². The van der Waals surface area contributed by atoms with Crippen LogP contribution in [0.25, 0.3) is 0 Å². The van der Waals surface area contributed by atoms with Crippen molar-refractivity contribution in [1.82, 2.24) is 4.90 Å². The van der Waals surface area contributed by atoms with E-state index < -0.39 is 12.0 Å². The maximum Gasteiger partial charge on any atom is 0.338 e. The highest BCUT2D eigenvalue weighted by Gasteiger charge is 2.42. The molecule has 1 aromatic carbocycles. The number of hydrogen-bond donors (Lipinski definition) is 0. The summed E-state index contributed by atoms with van der Waals surface area (Å²) in [7, 11) is 0. The first-order valence-electron chi connectivity index (χ1n) is 10.2. The molecule has 1 aromatic rings. The van der Waals surface area contributed by atoms with Crippen LogP contribution >= 0.6 is 11.8 Å². The van der Waals surface area contributed by atoms with Crippen molar-refractivity contribution in [2.24, 2.45) is 4.99 Å². The van der Waals surface area contributed by atoms with Gasteiger partial charge in [-0.15, -0.1) is 0 Å². The standard InChI is InChI=1S/C22H28N2O5S/c1-6-27-16-9-8-15(12-17(16)28-7-2)20-19(21(26)29-13(3)4)14(5)23-22-24(20)18(25)10-11-30-22/h8-9,12-13,20H,6-7,10-11H2,1-5H3/t20-/m0/s1. The summed E-state index contributed by atoms with van der Waals surface area (Å²) >= 11 is 1.52. The fraction of sp³-hybridized carbons (Fsp3) is 0.500. The second-order valence-electron chi connectivity index (χ2n) is 7.18. The molecule has 0 radical (unpaired) electrons. The average molecular weight is 433 g/mol. The van der Waals surface area contributed by atoms with E-state index in [1.807, 2.05) is 32.0 Å².